The number of para-hydroxylation sites is 2. The number of hydrogen-bond acceptors (Lipinski definition) is 5. The third-order valence-corrected chi connectivity index (χ3v) is 5.96. The molecule has 2 aliphatic heterocycles. The van der Waals surface area contributed by atoms with Crippen molar-refractivity contribution in [3.05, 3.63) is 95.2 Å². The van der Waals surface area contributed by atoms with Crippen molar-refractivity contribution in [1.82, 2.24) is 0 Å². The summed E-state index contributed by atoms with van der Waals surface area (Å²) in [5, 5.41) is 14.5. The second kappa shape index (κ2) is 7.43. The lowest BCUT2D eigenvalue weighted by Crippen LogP contribution is -2.12. The van der Waals surface area contributed by atoms with E-state index in [0.29, 0.717) is 0 Å². The Bertz CT molecular complexity index is 1260. The highest BCUT2D eigenvalue weighted by Crippen LogP contribution is 2.29. The molecular formula is C26H22N4O. The molecule has 0 saturated carbocycles. The zero-order valence-corrected chi connectivity index (χ0v) is 17.1. The molecule has 0 bridgehead atoms. The molecule has 0 N–H and O–H groups in total. The van der Waals surface area contributed by atoms with Gasteiger partial charge in [0.1, 0.15) is 11.3 Å². The van der Waals surface area contributed by atoms with E-state index in [9.17, 15) is 0 Å². The van der Waals surface area contributed by atoms with Crippen LogP contribution in [0.15, 0.2) is 87.4 Å². The van der Waals surface area contributed by atoms with Gasteiger partial charge in [-0.15, -0.1) is 0 Å². The van der Waals surface area contributed by atoms with Gasteiger partial charge in [0.25, 0.3) is 0 Å². The number of hydrazone groups is 2. The van der Waals surface area contributed by atoms with E-state index >= 15 is 0 Å². The van der Waals surface area contributed by atoms with Crippen molar-refractivity contribution in [1.29, 1.82) is 0 Å². The van der Waals surface area contributed by atoms with E-state index in [1.165, 1.54) is 22.5 Å². The van der Waals surface area contributed by atoms with Crippen molar-refractivity contribution in [2.24, 2.45) is 10.2 Å². The first kappa shape index (κ1) is 18.0. The highest BCUT2D eigenvalue weighted by Gasteiger charge is 2.18. The van der Waals surface area contributed by atoms with Gasteiger partial charge < -0.3 is 4.42 Å². The van der Waals surface area contributed by atoms with E-state index in [2.05, 4.69) is 64.7 Å². The Hall–Kier alpha value is -3.86. The fourth-order valence-electron chi connectivity index (χ4n) is 4.37. The molecule has 1 aromatic heterocycles. The summed E-state index contributed by atoms with van der Waals surface area (Å²) in [5.74, 6) is 0.752. The molecule has 0 radical (unpaired) electrons. The van der Waals surface area contributed by atoms with Crippen LogP contribution in [-0.2, 0) is 12.8 Å². The van der Waals surface area contributed by atoms with Gasteiger partial charge in [-0.05, 0) is 65.9 Å². The molecule has 2 aliphatic rings. The first-order chi connectivity index (χ1) is 15.3. The summed E-state index contributed by atoms with van der Waals surface area (Å²) in [6.07, 6.45) is 5.79. The average Bonchev–Trinajstić information content (AvgIpc) is 3.52. The Morgan fingerprint density at radius 3 is 2.06 bits per heavy atom. The molecular weight excluding hydrogens is 384 g/mol. The molecule has 0 fully saturated rings. The summed E-state index contributed by atoms with van der Waals surface area (Å²) in [5.41, 5.74) is 6.98. The summed E-state index contributed by atoms with van der Waals surface area (Å²) in [7, 11) is 0. The highest BCUT2D eigenvalue weighted by molar-refractivity contribution is 5.92. The Morgan fingerprint density at radius 1 is 0.710 bits per heavy atom. The van der Waals surface area contributed by atoms with E-state index in [-0.39, 0.29) is 0 Å². The largest absolute Gasteiger partial charge is 0.455 e. The third kappa shape index (κ3) is 3.38. The molecule has 3 heterocycles. The van der Waals surface area contributed by atoms with Crippen LogP contribution in [0, 0.1) is 0 Å². The molecule has 0 spiro atoms. The van der Waals surface area contributed by atoms with Crippen LogP contribution in [0.5, 0.6) is 0 Å². The minimum absolute atomic E-state index is 0.752. The SMILES string of the molecule is C(=NN1CCc2ccccc21)c1ccc2oc(C=NN3CCc4ccccc43)cc2c1. The molecule has 0 unspecified atom stereocenters. The van der Waals surface area contributed by atoms with Crippen LogP contribution < -0.4 is 10.0 Å². The molecule has 3 aromatic carbocycles. The quantitative estimate of drug-likeness (QED) is 0.436. The second-order valence-electron chi connectivity index (χ2n) is 7.94. The standard InChI is InChI=1S/C26H22N4O/c1-3-7-24-20(5-1)11-13-29(24)27-17-19-9-10-26-22(15-19)16-23(31-26)18-28-30-14-12-21-6-2-4-8-25(21)30/h1-10,15-18H,11-14H2. The van der Waals surface area contributed by atoms with Crippen LogP contribution in [0.3, 0.4) is 0 Å². The minimum Gasteiger partial charge on any atom is -0.455 e. The van der Waals surface area contributed by atoms with Gasteiger partial charge in [0.05, 0.1) is 23.8 Å². The van der Waals surface area contributed by atoms with Crippen LogP contribution >= 0.6 is 0 Å². The first-order valence-electron chi connectivity index (χ1n) is 10.7. The maximum Gasteiger partial charge on any atom is 0.148 e. The maximum atomic E-state index is 5.96. The van der Waals surface area contributed by atoms with E-state index in [0.717, 1.165) is 48.2 Å². The van der Waals surface area contributed by atoms with Gasteiger partial charge in [-0.25, -0.2) is 0 Å². The Labute approximate surface area is 180 Å². The predicted molar refractivity (Wildman–Crippen MR) is 126 cm³/mol. The smallest absolute Gasteiger partial charge is 0.148 e. The molecule has 0 saturated heterocycles. The molecule has 0 amide bonds. The van der Waals surface area contributed by atoms with Gasteiger partial charge in [0.2, 0.25) is 0 Å². The molecule has 4 aromatic rings. The van der Waals surface area contributed by atoms with Gasteiger partial charge in [-0.1, -0.05) is 36.4 Å². The fraction of sp³-hybridized carbons (Fsp3) is 0.154. The predicted octanol–water partition coefficient (Wildman–Crippen LogP) is 5.23. The lowest BCUT2D eigenvalue weighted by atomic mass is 10.2. The van der Waals surface area contributed by atoms with Crippen LogP contribution in [0.25, 0.3) is 11.0 Å². The van der Waals surface area contributed by atoms with Crippen LogP contribution in [-0.4, -0.2) is 25.5 Å². The van der Waals surface area contributed by atoms with E-state index in [4.69, 9.17) is 9.52 Å². The average molecular weight is 406 g/mol. The van der Waals surface area contributed by atoms with Crippen LogP contribution in [0.1, 0.15) is 22.5 Å². The highest BCUT2D eigenvalue weighted by atomic mass is 16.3. The summed E-state index contributed by atoms with van der Waals surface area (Å²) in [6, 6.07) is 25.0. The zero-order chi connectivity index (χ0) is 20.6. The number of furan rings is 1. The molecule has 5 nitrogen and oxygen atoms in total. The number of rotatable bonds is 4. The van der Waals surface area contributed by atoms with Gasteiger partial charge in [-0.3, -0.25) is 10.0 Å². The van der Waals surface area contributed by atoms with Gasteiger partial charge in [-0.2, -0.15) is 10.2 Å². The van der Waals surface area contributed by atoms with Crippen molar-refractivity contribution in [2.45, 2.75) is 12.8 Å². The number of hydrogen-bond donors (Lipinski definition) is 0. The van der Waals surface area contributed by atoms with Crippen molar-refractivity contribution >= 4 is 34.8 Å². The number of fused-ring (bicyclic) bond motifs is 3. The number of nitrogens with zero attached hydrogens (tertiary/aromatic N) is 4. The Balaban J connectivity index is 1.21. The van der Waals surface area contributed by atoms with Crippen LogP contribution in [0.2, 0.25) is 0 Å². The lowest BCUT2D eigenvalue weighted by molar-refractivity contribution is 0.607. The molecule has 152 valence electrons. The topological polar surface area (TPSA) is 44.3 Å². The minimum atomic E-state index is 0.752. The van der Waals surface area contributed by atoms with Gasteiger partial charge in [0, 0.05) is 18.5 Å². The van der Waals surface area contributed by atoms with E-state index < -0.39 is 0 Å². The maximum absolute atomic E-state index is 5.96. The molecule has 31 heavy (non-hydrogen) atoms. The van der Waals surface area contributed by atoms with Crippen molar-refractivity contribution in [3.8, 4) is 0 Å². The first-order valence-corrected chi connectivity index (χ1v) is 10.7. The fourth-order valence-corrected chi connectivity index (χ4v) is 4.37. The monoisotopic (exact) mass is 406 g/mol. The summed E-state index contributed by atoms with van der Waals surface area (Å²) in [4.78, 5) is 0. The lowest BCUT2D eigenvalue weighted by Gasteiger charge is -2.11. The number of anilines is 2. The van der Waals surface area contributed by atoms with Gasteiger partial charge >= 0.3 is 0 Å². The van der Waals surface area contributed by atoms with Crippen molar-refractivity contribution < 1.29 is 4.42 Å². The summed E-state index contributed by atoms with van der Waals surface area (Å²) in [6.45, 7) is 1.82. The Morgan fingerprint density at radius 2 is 1.35 bits per heavy atom. The Kier molecular flexibility index (Phi) is 4.31. The number of benzene rings is 3. The van der Waals surface area contributed by atoms with E-state index in [1.54, 1.807) is 6.21 Å². The molecule has 5 heteroatoms. The normalized spacial score (nSPS) is 15.5. The summed E-state index contributed by atoms with van der Waals surface area (Å²) >= 11 is 0. The molecule has 6 rings (SSSR count). The van der Waals surface area contributed by atoms with Gasteiger partial charge in [0.15, 0.2) is 0 Å². The van der Waals surface area contributed by atoms with Crippen molar-refractivity contribution in [3.63, 3.8) is 0 Å². The zero-order valence-electron chi connectivity index (χ0n) is 17.1. The second-order valence-corrected chi connectivity index (χ2v) is 7.94. The van der Waals surface area contributed by atoms with E-state index in [1.807, 2.05) is 29.4 Å². The summed E-state index contributed by atoms with van der Waals surface area (Å²) < 4.78 is 5.96. The third-order valence-electron chi connectivity index (χ3n) is 5.96. The molecule has 0 atom stereocenters. The van der Waals surface area contributed by atoms with Crippen LogP contribution in [0.4, 0.5) is 11.4 Å². The van der Waals surface area contributed by atoms with Crippen molar-refractivity contribution in [2.75, 3.05) is 23.1 Å². The molecule has 0 aliphatic carbocycles.